The van der Waals surface area contributed by atoms with Crippen LogP contribution in [0.1, 0.15) is 26.2 Å². The molecule has 0 radical (unpaired) electrons. The molecule has 0 saturated carbocycles. The molecule has 0 aromatic heterocycles. The number of hydrogen-bond donors (Lipinski definition) is 0. The zero-order valence-corrected chi connectivity index (χ0v) is 11.9. The van der Waals surface area contributed by atoms with Gasteiger partial charge in [0.15, 0.2) is 0 Å². The number of carbonyl (C=O) groups excluding carboxylic acids is 1. The summed E-state index contributed by atoms with van der Waals surface area (Å²) in [5.41, 5.74) is 0. The van der Waals surface area contributed by atoms with Crippen molar-refractivity contribution < 1.29 is 13.2 Å². The molecule has 5 nitrogen and oxygen atoms in total. The monoisotopic (exact) mass is 274 g/mol. The first kappa shape index (κ1) is 13.8. The lowest BCUT2D eigenvalue weighted by atomic mass is 9.96. The van der Waals surface area contributed by atoms with Gasteiger partial charge < -0.3 is 4.90 Å². The van der Waals surface area contributed by atoms with Gasteiger partial charge in [0.2, 0.25) is 15.9 Å². The molecule has 0 bridgehead atoms. The zero-order valence-electron chi connectivity index (χ0n) is 11.1. The van der Waals surface area contributed by atoms with Crippen LogP contribution in [0.5, 0.6) is 0 Å². The molecule has 18 heavy (non-hydrogen) atoms. The van der Waals surface area contributed by atoms with Crippen molar-refractivity contribution in [1.82, 2.24) is 9.21 Å². The highest BCUT2D eigenvalue weighted by molar-refractivity contribution is 7.88. The number of sulfonamides is 1. The molecule has 0 aromatic rings. The number of amides is 1. The Balaban J connectivity index is 1.88. The topological polar surface area (TPSA) is 57.7 Å². The quantitative estimate of drug-likeness (QED) is 0.738. The van der Waals surface area contributed by atoms with E-state index in [0.29, 0.717) is 31.8 Å². The molecule has 2 aliphatic rings. The Morgan fingerprint density at radius 2 is 1.72 bits per heavy atom. The van der Waals surface area contributed by atoms with E-state index in [0.717, 1.165) is 19.5 Å². The van der Waals surface area contributed by atoms with Crippen LogP contribution >= 0.6 is 0 Å². The second-order valence-electron chi connectivity index (χ2n) is 5.61. The van der Waals surface area contributed by atoms with E-state index in [4.69, 9.17) is 0 Å². The minimum absolute atomic E-state index is 0.0216. The van der Waals surface area contributed by atoms with E-state index in [1.807, 2.05) is 4.90 Å². The molecule has 1 atom stereocenters. The molecule has 1 unspecified atom stereocenters. The highest BCUT2D eigenvalue weighted by atomic mass is 32.2. The summed E-state index contributed by atoms with van der Waals surface area (Å²) >= 11 is 0. The van der Waals surface area contributed by atoms with Gasteiger partial charge in [0, 0.05) is 32.1 Å². The molecule has 6 heteroatoms. The highest BCUT2D eigenvalue weighted by Gasteiger charge is 2.33. The number of nitrogens with zero attached hydrogens (tertiary/aromatic N) is 2. The number of hydrogen-bond acceptors (Lipinski definition) is 3. The molecule has 2 fully saturated rings. The van der Waals surface area contributed by atoms with Crippen molar-refractivity contribution in [2.24, 2.45) is 11.8 Å². The van der Waals surface area contributed by atoms with E-state index in [2.05, 4.69) is 6.92 Å². The number of likely N-dealkylation sites (tertiary alicyclic amines) is 1. The van der Waals surface area contributed by atoms with Gasteiger partial charge in [0.05, 0.1) is 6.26 Å². The molecule has 0 aromatic carbocycles. The summed E-state index contributed by atoms with van der Waals surface area (Å²) < 4.78 is 24.3. The summed E-state index contributed by atoms with van der Waals surface area (Å²) in [4.78, 5) is 14.2. The van der Waals surface area contributed by atoms with Crippen LogP contribution in [-0.2, 0) is 14.8 Å². The average Bonchev–Trinajstić information content (AvgIpc) is 2.74. The van der Waals surface area contributed by atoms with E-state index in [1.165, 1.54) is 10.6 Å². The van der Waals surface area contributed by atoms with Crippen molar-refractivity contribution in [3.05, 3.63) is 0 Å². The maximum Gasteiger partial charge on any atom is 0.225 e. The van der Waals surface area contributed by atoms with E-state index < -0.39 is 10.0 Å². The normalized spacial score (nSPS) is 27.7. The van der Waals surface area contributed by atoms with Crippen LogP contribution in [0.25, 0.3) is 0 Å². The Kier molecular flexibility index (Phi) is 3.96. The smallest absolute Gasteiger partial charge is 0.225 e. The van der Waals surface area contributed by atoms with Gasteiger partial charge in [0.25, 0.3) is 0 Å². The maximum atomic E-state index is 12.3. The molecule has 2 saturated heterocycles. The van der Waals surface area contributed by atoms with Gasteiger partial charge >= 0.3 is 0 Å². The van der Waals surface area contributed by atoms with E-state index in [9.17, 15) is 13.2 Å². The molecule has 0 aliphatic carbocycles. The predicted octanol–water partition coefficient (Wildman–Crippen LogP) is 0.526. The number of piperidine rings is 1. The van der Waals surface area contributed by atoms with Crippen LogP contribution in [0.4, 0.5) is 0 Å². The van der Waals surface area contributed by atoms with Crippen LogP contribution < -0.4 is 0 Å². The molecular formula is C12H22N2O3S. The van der Waals surface area contributed by atoms with Gasteiger partial charge in [-0.1, -0.05) is 6.92 Å². The summed E-state index contributed by atoms with van der Waals surface area (Å²) in [7, 11) is -3.09. The first-order chi connectivity index (χ1) is 8.38. The highest BCUT2D eigenvalue weighted by Crippen LogP contribution is 2.24. The zero-order chi connectivity index (χ0) is 13.3. The third-order valence-corrected chi connectivity index (χ3v) is 5.31. The van der Waals surface area contributed by atoms with Gasteiger partial charge in [-0.15, -0.1) is 0 Å². The molecular weight excluding hydrogens is 252 g/mol. The van der Waals surface area contributed by atoms with E-state index in [1.54, 1.807) is 0 Å². The molecule has 1 amide bonds. The summed E-state index contributed by atoms with van der Waals surface area (Å²) in [5, 5.41) is 0. The van der Waals surface area contributed by atoms with Crippen LogP contribution in [-0.4, -0.2) is 56.0 Å². The Labute approximate surface area is 109 Å². The molecule has 2 rings (SSSR count). The van der Waals surface area contributed by atoms with Gasteiger partial charge in [-0.05, 0) is 25.2 Å². The molecule has 0 spiro atoms. The van der Waals surface area contributed by atoms with Crippen LogP contribution in [0.2, 0.25) is 0 Å². The summed E-state index contributed by atoms with van der Waals surface area (Å²) in [6, 6.07) is 0. The molecule has 0 N–H and O–H groups in total. The second-order valence-corrected chi connectivity index (χ2v) is 7.60. The van der Waals surface area contributed by atoms with Gasteiger partial charge in [0.1, 0.15) is 0 Å². The lowest BCUT2D eigenvalue weighted by Crippen LogP contribution is -2.43. The van der Waals surface area contributed by atoms with Crippen molar-refractivity contribution in [3.63, 3.8) is 0 Å². The SMILES string of the molecule is CC1CCN(C(=O)C2CCN(S(C)(=O)=O)CC2)C1. The second kappa shape index (κ2) is 5.17. The Bertz CT molecular complexity index is 413. The van der Waals surface area contributed by atoms with Gasteiger partial charge in [-0.25, -0.2) is 12.7 Å². The van der Waals surface area contributed by atoms with Gasteiger partial charge in [-0.3, -0.25) is 4.79 Å². The lowest BCUT2D eigenvalue weighted by Gasteiger charge is -2.31. The Morgan fingerprint density at radius 1 is 1.11 bits per heavy atom. The van der Waals surface area contributed by atoms with Crippen LogP contribution in [0, 0.1) is 11.8 Å². The van der Waals surface area contributed by atoms with E-state index >= 15 is 0 Å². The fourth-order valence-corrected chi connectivity index (χ4v) is 3.70. The maximum absolute atomic E-state index is 12.3. The minimum atomic E-state index is -3.09. The summed E-state index contributed by atoms with van der Waals surface area (Å²) in [6.45, 7) is 4.87. The fourth-order valence-electron chi connectivity index (χ4n) is 2.83. The van der Waals surface area contributed by atoms with Gasteiger partial charge in [-0.2, -0.15) is 0 Å². The van der Waals surface area contributed by atoms with E-state index in [-0.39, 0.29) is 11.8 Å². The Hall–Kier alpha value is -0.620. The molecule has 104 valence electrons. The summed E-state index contributed by atoms with van der Waals surface area (Å²) in [6.07, 6.45) is 3.65. The van der Waals surface area contributed by atoms with Crippen molar-refractivity contribution in [2.75, 3.05) is 32.4 Å². The largest absolute Gasteiger partial charge is 0.342 e. The first-order valence-corrected chi connectivity index (χ1v) is 8.46. The molecule has 2 heterocycles. The number of rotatable bonds is 2. The fraction of sp³-hybridized carbons (Fsp3) is 0.917. The number of carbonyl (C=O) groups is 1. The Morgan fingerprint density at radius 3 is 2.17 bits per heavy atom. The lowest BCUT2D eigenvalue weighted by molar-refractivity contribution is -0.135. The van der Waals surface area contributed by atoms with Crippen molar-refractivity contribution >= 4 is 15.9 Å². The van der Waals surface area contributed by atoms with Crippen LogP contribution in [0.3, 0.4) is 0 Å². The van der Waals surface area contributed by atoms with Crippen molar-refractivity contribution in [3.8, 4) is 0 Å². The average molecular weight is 274 g/mol. The predicted molar refractivity (Wildman–Crippen MR) is 69.5 cm³/mol. The third kappa shape index (κ3) is 3.03. The minimum Gasteiger partial charge on any atom is -0.342 e. The first-order valence-electron chi connectivity index (χ1n) is 6.62. The van der Waals surface area contributed by atoms with Crippen LogP contribution in [0.15, 0.2) is 0 Å². The molecule has 2 aliphatic heterocycles. The third-order valence-electron chi connectivity index (χ3n) is 4.01. The standard InChI is InChI=1S/C12H22N2O3S/c1-10-3-6-13(9-10)12(15)11-4-7-14(8-5-11)18(2,16)17/h10-11H,3-9H2,1-2H3. The van der Waals surface area contributed by atoms with Crippen molar-refractivity contribution in [2.45, 2.75) is 26.2 Å². The van der Waals surface area contributed by atoms with Crippen molar-refractivity contribution in [1.29, 1.82) is 0 Å². The summed E-state index contributed by atoms with van der Waals surface area (Å²) in [5.74, 6) is 0.853.